The number of ether oxygens (including phenoxy) is 1. The van der Waals surface area contributed by atoms with Crippen molar-refractivity contribution in [2.75, 3.05) is 13.2 Å². The van der Waals surface area contributed by atoms with E-state index in [1.54, 1.807) is 23.1 Å². The fourth-order valence-corrected chi connectivity index (χ4v) is 4.47. The van der Waals surface area contributed by atoms with Crippen LogP contribution in [0.1, 0.15) is 24.1 Å². The number of carbonyl (C=O) groups is 1. The molecule has 1 saturated heterocycles. The molecule has 1 N–H and O–H groups in total. The average molecular weight is 383 g/mol. The summed E-state index contributed by atoms with van der Waals surface area (Å²) in [5, 5.41) is 5.62. The van der Waals surface area contributed by atoms with Gasteiger partial charge in [-0.1, -0.05) is 35.5 Å². The summed E-state index contributed by atoms with van der Waals surface area (Å²) >= 11 is 9.22. The third kappa shape index (κ3) is 5.48. The molecule has 24 heavy (non-hydrogen) atoms. The quantitative estimate of drug-likeness (QED) is 0.737. The van der Waals surface area contributed by atoms with E-state index in [-0.39, 0.29) is 12.0 Å². The van der Waals surface area contributed by atoms with Crippen molar-refractivity contribution < 1.29 is 9.53 Å². The highest BCUT2D eigenvalue weighted by atomic mass is 35.5. The molecule has 0 unspecified atom stereocenters. The smallest absolute Gasteiger partial charge is 0.226 e. The van der Waals surface area contributed by atoms with Crippen molar-refractivity contribution in [1.82, 2.24) is 10.3 Å². The summed E-state index contributed by atoms with van der Waals surface area (Å²) in [6, 6.07) is 7.82. The van der Waals surface area contributed by atoms with Crippen LogP contribution >= 0.6 is 34.7 Å². The number of rotatable bonds is 7. The highest BCUT2D eigenvalue weighted by molar-refractivity contribution is 8.00. The van der Waals surface area contributed by atoms with E-state index in [9.17, 15) is 4.79 Å². The Bertz CT molecular complexity index is 687. The molecule has 1 fully saturated rings. The van der Waals surface area contributed by atoms with Crippen LogP contribution < -0.4 is 5.32 Å². The number of nitrogens with zero attached hydrogens (tertiary/aromatic N) is 1. The molecule has 1 aromatic carbocycles. The predicted octanol–water partition coefficient (Wildman–Crippen LogP) is 3.93. The SMILES string of the molecule is O=C(Cc1csc(SCc2cccc(Cl)c2)n1)NC[C@H]1CCCO1. The molecule has 128 valence electrons. The topological polar surface area (TPSA) is 51.2 Å². The number of hydrogen-bond acceptors (Lipinski definition) is 5. The number of hydrogen-bond donors (Lipinski definition) is 1. The zero-order valence-corrected chi connectivity index (χ0v) is 15.6. The van der Waals surface area contributed by atoms with E-state index in [1.165, 1.54) is 5.56 Å². The Hall–Kier alpha value is -1.08. The van der Waals surface area contributed by atoms with Gasteiger partial charge < -0.3 is 10.1 Å². The molecular weight excluding hydrogens is 364 g/mol. The van der Waals surface area contributed by atoms with E-state index in [4.69, 9.17) is 16.3 Å². The second kappa shape index (κ2) is 8.85. The van der Waals surface area contributed by atoms with Crippen molar-refractivity contribution in [3.8, 4) is 0 Å². The second-order valence-electron chi connectivity index (χ2n) is 5.64. The van der Waals surface area contributed by atoms with Crippen LogP contribution in [-0.4, -0.2) is 30.1 Å². The first-order valence-electron chi connectivity index (χ1n) is 7.89. The Morgan fingerprint density at radius 3 is 3.21 bits per heavy atom. The van der Waals surface area contributed by atoms with E-state index < -0.39 is 0 Å². The molecule has 0 radical (unpaired) electrons. The molecule has 0 aliphatic carbocycles. The highest BCUT2D eigenvalue weighted by Gasteiger charge is 2.16. The van der Waals surface area contributed by atoms with Gasteiger partial charge in [-0.15, -0.1) is 11.3 Å². The van der Waals surface area contributed by atoms with E-state index in [2.05, 4.69) is 10.3 Å². The Kier molecular flexibility index (Phi) is 6.54. The molecule has 2 heterocycles. The summed E-state index contributed by atoms with van der Waals surface area (Å²) in [5.41, 5.74) is 1.98. The van der Waals surface area contributed by atoms with Crippen LogP contribution in [0.15, 0.2) is 34.0 Å². The fourth-order valence-electron chi connectivity index (χ4n) is 2.47. The van der Waals surface area contributed by atoms with Gasteiger partial charge in [-0.05, 0) is 30.5 Å². The van der Waals surface area contributed by atoms with Gasteiger partial charge in [-0.3, -0.25) is 4.79 Å². The number of nitrogens with one attached hydrogen (secondary N) is 1. The van der Waals surface area contributed by atoms with Crippen LogP contribution in [-0.2, 0) is 21.7 Å². The summed E-state index contributed by atoms with van der Waals surface area (Å²) in [7, 11) is 0. The summed E-state index contributed by atoms with van der Waals surface area (Å²) in [6.07, 6.45) is 2.61. The second-order valence-corrected chi connectivity index (χ2v) is 8.16. The highest BCUT2D eigenvalue weighted by Crippen LogP contribution is 2.27. The molecule has 7 heteroatoms. The van der Waals surface area contributed by atoms with Crippen molar-refractivity contribution in [3.63, 3.8) is 0 Å². The van der Waals surface area contributed by atoms with E-state index in [0.29, 0.717) is 13.0 Å². The molecule has 1 aromatic heterocycles. The lowest BCUT2D eigenvalue weighted by molar-refractivity contribution is -0.121. The average Bonchev–Trinajstić information content (AvgIpc) is 3.23. The number of benzene rings is 1. The maximum absolute atomic E-state index is 12.0. The van der Waals surface area contributed by atoms with Crippen molar-refractivity contribution in [1.29, 1.82) is 0 Å². The Balaban J connectivity index is 1.43. The van der Waals surface area contributed by atoms with E-state index in [0.717, 1.165) is 40.3 Å². The van der Waals surface area contributed by atoms with Crippen LogP contribution in [0.4, 0.5) is 0 Å². The standard InChI is InChI=1S/C17H19ClN2O2S2/c18-13-4-1-3-12(7-13)10-23-17-20-14(11-24-17)8-16(21)19-9-15-5-2-6-22-15/h1,3-4,7,11,15H,2,5-6,8-10H2,(H,19,21)/t15-/m1/s1. The molecule has 1 amide bonds. The van der Waals surface area contributed by atoms with Crippen molar-refractivity contribution in [3.05, 3.63) is 45.9 Å². The van der Waals surface area contributed by atoms with Crippen LogP contribution in [0.25, 0.3) is 0 Å². The predicted molar refractivity (Wildman–Crippen MR) is 98.8 cm³/mol. The Morgan fingerprint density at radius 2 is 2.42 bits per heavy atom. The largest absolute Gasteiger partial charge is 0.376 e. The summed E-state index contributed by atoms with van der Waals surface area (Å²) in [6.45, 7) is 1.40. The lowest BCUT2D eigenvalue weighted by Gasteiger charge is -2.09. The molecule has 0 bridgehead atoms. The normalized spacial score (nSPS) is 17.1. The summed E-state index contributed by atoms with van der Waals surface area (Å²) in [5.74, 6) is 0.820. The first kappa shape index (κ1) is 17.7. The molecule has 1 atom stereocenters. The monoisotopic (exact) mass is 382 g/mol. The molecule has 2 aromatic rings. The number of thiazole rings is 1. The summed E-state index contributed by atoms with van der Waals surface area (Å²) < 4.78 is 6.47. The van der Waals surface area contributed by atoms with E-state index >= 15 is 0 Å². The maximum atomic E-state index is 12.0. The molecule has 0 spiro atoms. The number of aromatic nitrogens is 1. The molecule has 1 aliphatic rings. The first-order chi connectivity index (χ1) is 11.7. The number of halogens is 1. The molecule has 1 aliphatic heterocycles. The minimum atomic E-state index is 0.00203. The van der Waals surface area contributed by atoms with Gasteiger partial charge in [0, 0.05) is 29.3 Å². The van der Waals surface area contributed by atoms with Crippen LogP contribution in [0.5, 0.6) is 0 Å². The molecule has 0 saturated carbocycles. The van der Waals surface area contributed by atoms with Crippen LogP contribution in [0, 0.1) is 0 Å². The van der Waals surface area contributed by atoms with Crippen molar-refractivity contribution in [2.24, 2.45) is 0 Å². The van der Waals surface area contributed by atoms with Gasteiger partial charge in [0.25, 0.3) is 0 Å². The zero-order chi connectivity index (χ0) is 16.8. The first-order valence-corrected chi connectivity index (χ1v) is 10.1. The minimum Gasteiger partial charge on any atom is -0.376 e. The van der Waals surface area contributed by atoms with Gasteiger partial charge in [0.1, 0.15) is 4.34 Å². The van der Waals surface area contributed by atoms with Gasteiger partial charge >= 0.3 is 0 Å². The maximum Gasteiger partial charge on any atom is 0.226 e. The Labute approximate surface area is 155 Å². The molecule has 4 nitrogen and oxygen atoms in total. The van der Waals surface area contributed by atoms with Gasteiger partial charge in [0.2, 0.25) is 5.91 Å². The summed E-state index contributed by atoms with van der Waals surface area (Å²) in [4.78, 5) is 16.5. The minimum absolute atomic E-state index is 0.00203. The van der Waals surface area contributed by atoms with Gasteiger partial charge in [0.05, 0.1) is 18.2 Å². The van der Waals surface area contributed by atoms with Gasteiger partial charge in [-0.25, -0.2) is 4.98 Å². The lowest BCUT2D eigenvalue weighted by Crippen LogP contribution is -2.32. The zero-order valence-electron chi connectivity index (χ0n) is 13.2. The van der Waals surface area contributed by atoms with Gasteiger partial charge in [-0.2, -0.15) is 0 Å². The third-order valence-corrected chi connectivity index (χ3v) is 6.05. The van der Waals surface area contributed by atoms with Gasteiger partial charge in [0.15, 0.2) is 0 Å². The van der Waals surface area contributed by atoms with Crippen molar-refractivity contribution in [2.45, 2.75) is 35.5 Å². The third-order valence-electron chi connectivity index (χ3n) is 3.67. The molecular formula is C17H19ClN2O2S2. The van der Waals surface area contributed by atoms with Crippen LogP contribution in [0.2, 0.25) is 5.02 Å². The van der Waals surface area contributed by atoms with E-state index in [1.807, 2.05) is 29.6 Å². The molecule has 3 rings (SSSR count). The fraction of sp³-hybridized carbons (Fsp3) is 0.412. The number of thioether (sulfide) groups is 1. The van der Waals surface area contributed by atoms with Crippen molar-refractivity contribution >= 4 is 40.6 Å². The number of amides is 1. The van der Waals surface area contributed by atoms with Crippen LogP contribution in [0.3, 0.4) is 0 Å². The number of carbonyl (C=O) groups excluding carboxylic acids is 1. The Morgan fingerprint density at radius 1 is 1.50 bits per heavy atom. The lowest BCUT2D eigenvalue weighted by atomic mass is 10.2.